The first-order valence-electron chi connectivity index (χ1n) is 5.61. The van der Waals surface area contributed by atoms with Crippen molar-refractivity contribution in [1.29, 1.82) is 5.26 Å². The highest BCUT2D eigenvalue weighted by Gasteiger charge is 2.15. The van der Waals surface area contributed by atoms with E-state index in [0.717, 1.165) is 10.2 Å². The van der Waals surface area contributed by atoms with Crippen molar-refractivity contribution in [2.45, 2.75) is 0 Å². The van der Waals surface area contributed by atoms with E-state index in [1.165, 1.54) is 10.8 Å². The molecule has 2 aromatic heterocycles. The summed E-state index contributed by atoms with van der Waals surface area (Å²) in [6.45, 7) is 0. The van der Waals surface area contributed by atoms with Crippen molar-refractivity contribution in [1.82, 2.24) is 19.6 Å². The van der Waals surface area contributed by atoms with Crippen LogP contribution in [0.2, 0.25) is 0 Å². The lowest BCUT2D eigenvalue weighted by Gasteiger charge is -2.02. The van der Waals surface area contributed by atoms with Crippen molar-refractivity contribution < 1.29 is 0 Å². The Labute approximate surface area is 122 Å². The van der Waals surface area contributed by atoms with Crippen molar-refractivity contribution in [3.63, 3.8) is 0 Å². The van der Waals surface area contributed by atoms with E-state index in [2.05, 4.69) is 42.4 Å². The predicted molar refractivity (Wildman–Crippen MR) is 77.3 cm³/mol. The van der Waals surface area contributed by atoms with Gasteiger partial charge in [-0.25, -0.2) is 9.97 Å². The molecule has 8 heteroatoms. The number of hydrogen-bond acceptors (Lipinski definition) is 6. The Morgan fingerprint density at radius 2 is 2.00 bits per heavy atom. The first-order valence-corrected chi connectivity index (χ1v) is 6.40. The van der Waals surface area contributed by atoms with E-state index in [4.69, 9.17) is 5.73 Å². The summed E-state index contributed by atoms with van der Waals surface area (Å²) in [5.74, 6) is 0.567. The molecule has 0 aliphatic carbocycles. The molecule has 2 heterocycles. The fraction of sp³-hybridized carbons (Fsp3) is 0. The average Bonchev–Trinajstić information content (AvgIpc) is 2.80. The van der Waals surface area contributed by atoms with Crippen LogP contribution < -0.4 is 11.1 Å². The molecule has 0 atom stereocenters. The van der Waals surface area contributed by atoms with E-state index in [-0.39, 0.29) is 5.95 Å². The first-order chi connectivity index (χ1) is 9.69. The topological polar surface area (TPSA) is 105 Å². The highest BCUT2D eigenvalue weighted by atomic mass is 79.9. The molecule has 0 radical (unpaired) electrons. The van der Waals surface area contributed by atoms with Gasteiger partial charge in [0.05, 0.1) is 0 Å². The zero-order valence-corrected chi connectivity index (χ0v) is 11.7. The second kappa shape index (κ2) is 4.79. The number of nitrogen functional groups attached to an aromatic ring is 1. The van der Waals surface area contributed by atoms with Crippen LogP contribution in [0.25, 0.3) is 5.65 Å². The maximum atomic E-state index is 9.27. The van der Waals surface area contributed by atoms with Crippen molar-refractivity contribution in [2.24, 2.45) is 0 Å². The van der Waals surface area contributed by atoms with Gasteiger partial charge < -0.3 is 11.1 Å². The number of halogens is 1. The lowest BCUT2D eigenvalue weighted by molar-refractivity contribution is 0.912. The summed E-state index contributed by atoms with van der Waals surface area (Å²) < 4.78 is 2.30. The summed E-state index contributed by atoms with van der Waals surface area (Å²) in [4.78, 5) is 7.87. The molecular weight excluding hydrogens is 322 g/mol. The van der Waals surface area contributed by atoms with Gasteiger partial charge in [-0.15, -0.1) is 5.10 Å². The molecule has 0 saturated heterocycles. The molecule has 0 aliphatic rings. The summed E-state index contributed by atoms with van der Waals surface area (Å²) in [5.41, 5.74) is 7.21. The quantitative estimate of drug-likeness (QED) is 0.745. The van der Waals surface area contributed by atoms with E-state index in [0.29, 0.717) is 17.0 Å². The molecule has 1 aromatic carbocycles. The molecular formula is C12H8BrN7. The van der Waals surface area contributed by atoms with Crippen LogP contribution in [-0.4, -0.2) is 19.6 Å². The highest BCUT2D eigenvalue weighted by molar-refractivity contribution is 9.10. The smallest absolute Gasteiger partial charge is 0.224 e. The van der Waals surface area contributed by atoms with Crippen LogP contribution in [0, 0.1) is 11.3 Å². The number of fused-ring (bicyclic) bond motifs is 1. The lowest BCUT2D eigenvalue weighted by Crippen LogP contribution is -2.02. The molecule has 0 amide bonds. The Kier molecular flexibility index (Phi) is 2.96. The number of nitrogens with zero attached hydrogens (tertiary/aromatic N) is 5. The number of nitrogens with two attached hydrogens (primary N) is 1. The largest absolute Gasteiger partial charge is 0.368 e. The van der Waals surface area contributed by atoms with Crippen LogP contribution in [0.3, 0.4) is 0 Å². The summed E-state index contributed by atoms with van der Waals surface area (Å²) >= 11 is 3.36. The molecule has 0 fully saturated rings. The lowest BCUT2D eigenvalue weighted by atomic mass is 10.3. The monoisotopic (exact) mass is 329 g/mol. The predicted octanol–water partition coefficient (Wildman–Crippen LogP) is 2.08. The van der Waals surface area contributed by atoms with Gasteiger partial charge in [-0.2, -0.15) is 9.78 Å². The van der Waals surface area contributed by atoms with Gasteiger partial charge in [0, 0.05) is 10.2 Å². The molecule has 0 unspecified atom stereocenters. The Morgan fingerprint density at radius 1 is 1.25 bits per heavy atom. The van der Waals surface area contributed by atoms with E-state index in [1.54, 1.807) is 0 Å². The van der Waals surface area contributed by atoms with E-state index < -0.39 is 0 Å². The van der Waals surface area contributed by atoms with Crippen LogP contribution >= 0.6 is 15.9 Å². The normalized spacial score (nSPS) is 10.4. The first kappa shape index (κ1) is 12.4. The molecule has 3 N–H and O–H groups in total. The fourth-order valence-electron chi connectivity index (χ4n) is 1.75. The number of rotatable bonds is 2. The zero-order valence-electron chi connectivity index (χ0n) is 10.1. The molecule has 3 rings (SSSR count). The number of hydrogen-bond donors (Lipinski definition) is 2. The van der Waals surface area contributed by atoms with Gasteiger partial charge in [0.1, 0.15) is 18.0 Å². The third-order valence-corrected chi connectivity index (χ3v) is 3.20. The summed E-state index contributed by atoms with van der Waals surface area (Å²) in [6, 6.07) is 9.58. The van der Waals surface area contributed by atoms with Gasteiger partial charge in [0.2, 0.25) is 5.95 Å². The van der Waals surface area contributed by atoms with Gasteiger partial charge in [0.25, 0.3) is 0 Å². The van der Waals surface area contributed by atoms with E-state index in [1.807, 2.05) is 24.3 Å². The van der Waals surface area contributed by atoms with Gasteiger partial charge >= 0.3 is 0 Å². The van der Waals surface area contributed by atoms with Crippen molar-refractivity contribution in [3.8, 4) is 6.07 Å². The van der Waals surface area contributed by atoms with Crippen LogP contribution in [0.1, 0.15) is 5.56 Å². The summed E-state index contributed by atoms with van der Waals surface area (Å²) in [6.07, 6.45) is 1.30. The molecule has 98 valence electrons. The molecule has 7 nitrogen and oxygen atoms in total. The Balaban J connectivity index is 2.10. The number of nitrogens with one attached hydrogen (secondary N) is 1. The van der Waals surface area contributed by atoms with E-state index >= 15 is 0 Å². The Hall–Kier alpha value is -2.66. The van der Waals surface area contributed by atoms with Crippen LogP contribution in [-0.2, 0) is 0 Å². The molecule has 3 aromatic rings. The fourth-order valence-corrected chi connectivity index (χ4v) is 2.01. The summed E-state index contributed by atoms with van der Waals surface area (Å²) in [7, 11) is 0. The van der Waals surface area contributed by atoms with Crippen molar-refractivity contribution >= 4 is 39.0 Å². The number of nitriles is 1. The Bertz CT molecular complexity index is 816. The summed E-state index contributed by atoms with van der Waals surface area (Å²) in [5, 5.41) is 16.6. The van der Waals surface area contributed by atoms with Gasteiger partial charge in [-0.3, -0.25) is 0 Å². The molecule has 0 aliphatic heterocycles. The SMILES string of the molecule is N#Cc1c(Nc2ccc(Br)cc2)nn2c(N)ncnc12. The molecule has 0 saturated carbocycles. The highest BCUT2D eigenvalue weighted by Crippen LogP contribution is 2.23. The van der Waals surface area contributed by atoms with Crippen LogP contribution in [0.4, 0.5) is 17.5 Å². The van der Waals surface area contributed by atoms with Gasteiger partial charge in [-0.05, 0) is 24.3 Å². The third-order valence-electron chi connectivity index (χ3n) is 2.67. The zero-order chi connectivity index (χ0) is 14.1. The molecule has 20 heavy (non-hydrogen) atoms. The minimum Gasteiger partial charge on any atom is -0.368 e. The van der Waals surface area contributed by atoms with Crippen molar-refractivity contribution in [2.75, 3.05) is 11.1 Å². The second-order valence-corrected chi connectivity index (χ2v) is 4.85. The van der Waals surface area contributed by atoms with E-state index in [9.17, 15) is 5.26 Å². The number of anilines is 3. The minimum atomic E-state index is 0.176. The maximum Gasteiger partial charge on any atom is 0.224 e. The second-order valence-electron chi connectivity index (χ2n) is 3.93. The Morgan fingerprint density at radius 3 is 2.70 bits per heavy atom. The number of aromatic nitrogens is 4. The van der Waals surface area contributed by atoms with Gasteiger partial charge in [-0.1, -0.05) is 15.9 Å². The van der Waals surface area contributed by atoms with Crippen LogP contribution in [0.5, 0.6) is 0 Å². The minimum absolute atomic E-state index is 0.176. The van der Waals surface area contributed by atoms with Crippen LogP contribution in [0.15, 0.2) is 35.1 Å². The third kappa shape index (κ3) is 2.04. The number of benzene rings is 1. The maximum absolute atomic E-state index is 9.27. The molecule has 0 spiro atoms. The molecule has 0 bridgehead atoms. The van der Waals surface area contributed by atoms with Gasteiger partial charge in [0.15, 0.2) is 11.5 Å². The standard InChI is InChI=1S/C12H8BrN7/c13-7-1-3-8(4-2-7)18-10-9(5-14)11-16-6-17-12(15)20(11)19-10/h1-4,6H,(H,18,19)(H2,15,16,17). The average molecular weight is 330 g/mol. The van der Waals surface area contributed by atoms with Crippen molar-refractivity contribution in [3.05, 3.63) is 40.6 Å².